The third-order valence-corrected chi connectivity index (χ3v) is 6.67. The maximum absolute atomic E-state index is 12.5. The van der Waals surface area contributed by atoms with Crippen LogP contribution in [-0.2, 0) is 16.6 Å². The van der Waals surface area contributed by atoms with Crippen LogP contribution in [0.1, 0.15) is 41.0 Å². The van der Waals surface area contributed by atoms with Crippen molar-refractivity contribution < 1.29 is 13.2 Å². The van der Waals surface area contributed by atoms with Crippen LogP contribution in [0.3, 0.4) is 0 Å². The molecule has 1 aromatic heterocycles. The van der Waals surface area contributed by atoms with E-state index in [0.717, 1.165) is 37.2 Å². The minimum atomic E-state index is -3.44. The van der Waals surface area contributed by atoms with E-state index < -0.39 is 10.0 Å². The second kappa shape index (κ2) is 8.22. The summed E-state index contributed by atoms with van der Waals surface area (Å²) in [4.78, 5) is 12.5. The summed E-state index contributed by atoms with van der Waals surface area (Å²) in [6, 6.07) is 8.19. The highest BCUT2D eigenvalue weighted by Gasteiger charge is 2.27. The number of aromatic nitrogens is 2. The van der Waals surface area contributed by atoms with E-state index in [4.69, 9.17) is 0 Å². The minimum absolute atomic E-state index is 0.200. The predicted octanol–water partition coefficient (Wildman–Crippen LogP) is 2.10. The first-order chi connectivity index (χ1) is 12.9. The second-order valence-electron chi connectivity index (χ2n) is 6.90. The van der Waals surface area contributed by atoms with Gasteiger partial charge in [0.05, 0.1) is 10.6 Å². The quantitative estimate of drug-likeness (QED) is 0.734. The Hall–Kier alpha value is -2.19. The molecule has 27 heavy (non-hydrogen) atoms. The predicted molar refractivity (Wildman–Crippen MR) is 103 cm³/mol. The third kappa shape index (κ3) is 4.56. The number of nitrogens with zero attached hydrogens (tertiary/aromatic N) is 3. The lowest BCUT2D eigenvalue weighted by atomic mass is 10.2. The highest BCUT2D eigenvalue weighted by Crippen LogP contribution is 2.21. The van der Waals surface area contributed by atoms with E-state index >= 15 is 0 Å². The number of sulfonamides is 1. The van der Waals surface area contributed by atoms with Gasteiger partial charge in [0.25, 0.3) is 5.91 Å². The van der Waals surface area contributed by atoms with Crippen molar-refractivity contribution in [1.82, 2.24) is 19.4 Å². The van der Waals surface area contributed by atoms with E-state index in [2.05, 4.69) is 10.4 Å². The first-order valence-corrected chi connectivity index (χ1v) is 10.7. The van der Waals surface area contributed by atoms with Crippen LogP contribution in [-0.4, -0.2) is 48.0 Å². The first kappa shape index (κ1) is 19.6. The Bertz CT molecular complexity index is 898. The van der Waals surface area contributed by atoms with E-state index in [1.54, 1.807) is 12.1 Å². The summed E-state index contributed by atoms with van der Waals surface area (Å²) in [5.74, 6) is -0.200. The second-order valence-corrected chi connectivity index (χ2v) is 8.83. The standard InChI is InChI=1S/C19H26N4O3S/c1-15-14-16(2)23(21-15)13-5-10-20-19(24)17-6-8-18(9-7-17)27(25,26)22-11-3-4-12-22/h6-9,14H,3-5,10-13H2,1-2H3,(H,20,24). The van der Waals surface area contributed by atoms with Crippen molar-refractivity contribution in [1.29, 1.82) is 0 Å². The molecule has 1 amide bonds. The number of hydrogen-bond acceptors (Lipinski definition) is 4. The molecule has 0 bridgehead atoms. The van der Waals surface area contributed by atoms with Crippen molar-refractivity contribution in [2.24, 2.45) is 0 Å². The number of amides is 1. The van der Waals surface area contributed by atoms with Gasteiger partial charge in [-0.1, -0.05) is 0 Å². The van der Waals surface area contributed by atoms with E-state index in [1.807, 2.05) is 24.6 Å². The molecular weight excluding hydrogens is 364 g/mol. The van der Waals surface area contributed by atoms with Gasteiger partial charge in [0.2, 0.25) is 10.0 Å². The SMILES string of the molecule is Cc1cc(C)n(CCCNC(=O)c2ccc(S(=O)(=O)N3CCCC3)cc2)n1. The summed E-state index contributed by atoms with van der Waals surface area (Å²) in [5.41, 5.74) is 2.55. The monoisotopic (exact) mass is 390 g/mol. The fourth-order valence-corrected chi connectivity index (χ4v) is 4.81. The van der Waals surface area contributed by atoms with Gasteiger partial charge in [0, 0.05) is 37.4 Å². The summed E-state index contributed by atoms with van der Waals surface area (Å²) < 4.78 is 28.4. The van der Waals surface area contributed by atoms with Crippen molar-refractivity contribution in [2.45, 2.75) is 44.6 Å². The topological polar surface area (TPSA) is 84.3 Å². The molecule has 146 valence electrons. The summed E-state index contributed by atoms with van der Waals surface area (Å²) >= 11 is 0. The summed E-state index contributed by atoms with van der Waals surface area (Å²) in [6.45, 7) is 6.38. The molecule has 7 nitrogen and oxygen atoms in total. The maximum atomic E-state index is 12.5. The lowest BCUT2D eigenvalue weighted by molar-refractivity contribution is 0.0952. The number of benzene rings is 1. The van der Waals surface area contributed by atoms with Gasteiger partial charge in [-0.05, 0) is 63.4 Å². The maximum Gasteiger partial charge on any atom is 0.251 e. The van der Waals surface area contributed by atoms with Crippen LogP contribution in [0.2, 0.25) is 0 Å². The van der Waals surface area contributed by atoms with Gasteiger partial charge in [-0.2, -0.15) is 9.40 Å². The summed E-state index contributed by atoms with van der Waals surface area (Å²) in [6.07, 6.45) is 2.57. The lowest BCUT2D eigenvalue weighted by Crippen LogP contribution is -2.28. The molecule has 0 aliphatic carbocycles. The van der Waals surface area contributed by atoms with Crippen LogP contribution >= 0.6 is 0 Å². The van der Waals surface area contributed by atoms with Crippen LogP contribution < -0.4 is 5.32 Å². The van der Waals surface area contributed by atoms with Gasteiger partial charge in [0.15, 0.2) is 0 Å². The average Bonchev–Trinajstić information content (AvgIpc) is 3.29. The number of carbonyl (C=O) groups is 1. The molecule has 8 heteroatoms. The molecule has 0 spiro atoms. The molecule has 1 N–H and O–H groups in total. The Morgan fingerprint density at radius 1 is 1.15 bits per heavy atom. The van der Waals surface area contributed by atoms with Crippen molar-refractivity contribution in [3.8, 4) is 0 Å². The molecule has 3 rings (SSSR count). The van der Waals surface area contributed by atoms with Gasteiger partial charge in [-0.25, -0.2) is 8.42 Å². The molecule has 1 aliphatic heterocycles. The van der Waals surface area contributed by atoms with Crippen molar-refractivity contribution >= 4 is 15.9 Å². The molecule has 0 saturated carbocycles. The smallest absolute Gasteiger partial charge is 0.251 e. The Morgan fingerprint density at radius 2 is 1.81 bits per heavy atom. The molecular formula is C19H26N4O3S. The van der Waals surface area contributed by atoms with Crippen LogP contribution in [0.4, 0.5) is 0 Å². The Balaban J connectivity index is 1.52. The molecule has 1 fully saturated rings. The molecule has 1 aromatic carbocycles. The molecule has 0 radical (unpaired) electrons. The van der Waals surface area contributed by atoms with Gasteiger partial charge >= 0.3 is 0 Å². The molecule has 1 saturated heterocycles. The molecule has 0 unspecified atom stereocenters. The summed E-state index contributed by atoms with van der Waals surface area (Å²) in [7, 11) is -3.44. The van der Waals surface area contributed by atoms with Crippen LogP contribution in [0.15, 0.2) is 35.2 Å². The zero-order valence-electron chi connectivity index (χ0n) is 15.8. The number of nitrogens with one attached hydrogen (secondary N) is 1. The van der Waals surface area contributed by atoms with Crippen LogP contribution in [0.25, 0.3) is 0 Å². The molecule has 1 aliphatic rings. The zero-order chi connectivity index (χ0) is 19.4. The first-order valence-electron chi connectivity index (χ1n) is 9.27. The van der Waals surface area contributed by atoms with Gasteiger partial charge in [-0.3, -0.25) is 9.48 Å². The highest BCUT2D eigenvalue weighted by molar-refractivity contribution is 7.89. The molecule has 0 atom stereocenters. The molecule has 2 aromatic rings. The van der Waals surface area contributed by atoms with Gasteiger partial charge in [0.1, 0.15) is 0 Å². The summed E-state index contributed by atoms with van der Waals surface area (Å²) in [5, 5.41) is 7.26. The van der Waals surface area contributed by atoms with Crippen molar-refractivity contribution in [3.63, 3.8) is 0 Å². The molecule has 2 heterocycles. The number of rotatable bonds is 7. The Kier molecular flexibility index (Phi) is 5.96. The minimum Gasteiger partial charge on any atom is -0.352 e. The number of aryl methyl sites for hydroxylation is 3. The number of carbonyl (C=O) groups excluding carboxylic acids is 1. The van der Waals surface area contributed by atoms with Gasteiger partial charge in [-0.15, -0.1) is 0 Å². The number of hydrogen-bond donors (Lipinski definition) is 1. The van der Waals surface area contributed by atoms with Crippen molar-refractivity contribution in [2.75, 3.05) is 19.6 Å². The van der Waals surface area contributed by atoms with Crippen LogP contribution in [0, 0.1) is 13.8 Å². The highest BCUT2D eigenvalue weighted by atomic mass is 32.2. The van der Waals surface area contributed by atoms with Crippen LogP contribution in [0.5, 0.6) is 0 Å². The van der Waals surface area contributed by atoms with E-state index in [9.17, 15) is 13.2 Å². The normalized spacial score (nSPS) is 15.2. The average molecular weight is 391 g/mol. The fourth-order valence-electron chi connectivity index (χ4n) is 3.29. The van der Waals surface area contributed by atoms with Gasteiger partial charge < -0.3 is 5.32 Å². The Morgan fingerprint density at radius 3 is 2.41 bits per heavy atom. The zero-order valence-corrected chi connectivity index (χ0v) is 16.6. The van der Waals surface area contributed by atoms with E-state index in [-0.39, 0.29) is 10.8 Å². The van der Waals surface area contributed by atoms with E-state index in [1.165, 1.54) is 16.4 Å². The fraction of sp³-hybridized carbons (Fsp3) is 0.474. The lowest BCUT2D eigenvalue weighted by Gasteiger charge is -2.15. The van der Waals surface area contributed by atoms with E-state index in [0.29, 0.717) is 25.2 Å². The Labute approximate surface area is 160 Å². The van der Waals surface area contributed by atoms with Crippen molar-refractivity contribution in [3.05, 3.63) is 47.3 Å². The largest absolute Gasteiger partial charge is 0.352 e. The third-order valence-electron chi connectivity index (χ3n) is 4.75.